The summed E-state index contributed by atoms with van der Waals surface area (Å²) in [6.07, 6.45) is 0.939. The van der Waals surface area contributed by atoms with Crippen LogP contribution in [0.1, 0.15) is 5.69 Å². The number of aromatic nitrogens is 1. The molecule has 142 valence electrons. The first-order valence-electron chi connectivity index (χ1n) is 6.71. The quantitative estimate of drug-likeness (QED) is 0.203. The van der Waals surface area contributed by atoms with E-state index in [9.17, 15) is 18.0 Å². The largest absolute Gasteiger partial charge is 0.399 e. The van der Waals surface area contributed by atoms with Gasteiger partial charge in [-0.15, -0.1) is 11.3 Å². The summed E-state index contributed by atoms with van der Waals surface area (Å²) >= 11 is 1.06. The Morgan fingerprint density at radius 2 is 2.19 bits per heavy atom. The van der Waals surface area contributed by atoms with Gasteiger partial charge in [0.1, 0.15) is 32.0 Å². The van der Waals surface area contributed by atoms with E-state index in [2.05, 4.69) is 30.3 Å². The van der Waals surface area contributed by atoms with Crippen LogP contribution in [0.5, 0.6) is 0 Å². The standard InChI is InChI=1S/C11H14N6O7S2/c1-23-13-3-6-8(10(19)17(6)26(20,21)22)15-9(18)7(16-24-2)5-4-25-11(12)14-5/h3-4,6,8H,1-2H3,(H2,12,14)(H,15,18)(H,20,21,22)/b13-3+,16-7-/t6-,8+/m1/s1. The minimum atomic E-state index is -4.84. The van der Waals surface area contributed by atoms with E-state index < -0.39 is 34.2 Å². The van der Waals surface area contributed by atoms with Crippen molar-refractivity contribution in [3.8, 4) is 0 Å². The molecule has 1 aromatic rings. The average molecular weight is 406 g/mol. The Morgan fingerprint density at radius 3 is 2.69 bits per heavy atom. The zero-order valence-corrected chi connectivity index (χ0v) is 15.0. The van der Waals surface area contributed by atoms with Gasteiger partial charge in [-0.3, -0.25) is 14.1 Å². The molecule has 2 atom stereocenters. The van der Waals surface area contributed by atoms with Crippen LogP contribution in [-0.4, -0.2) is 72.3 Å². The van der Waals surface area contributed by atoms with E-state index in [-0.39, 0.29) is 20.8 Å². The molecule has 1 fully saturated rings. The molecule has 0 spiro atoms. The molecule has 0 unspecified atom stereocenters. The number of carbonyl (C=O) groups excluding carboxylic acids is 2. The second-order valence-electron chi connectivity index (χ2n) is 4.68. The molecule has 13 nitrogen and oxygen atoms in total. The second-order valence-corrected chi connectivity index (χ2v) is 6.86. The van der Waals surface area contributed by atoms with E-state index in [0.717, 1.165) is 17.6 Å². The number of nitrogens with one attached hydrogen (secondary N) is 1. The summed E-state index contributed by atoms with van der Waals surface area (Å²) in [5.74, 6) is -1.94. The first-order valence-corrected chi connectivity index (χ1v) is 8.99. The van der Waals surface area contributed by atoms with Gasteiger partial charge in [-0.25, -0.2) is 9.29 Å². The van der Waals surface area contributed by atoms with Gasteiger partial charge in [-0.05, 0) is 0 Å². The topological polar surface area (TPSA) is 186 Å². The molecule has 0 bridgehead atoms. The molecule has 4 N–H and O–H groups in total. The van der Waals surface area contributed by atoms with Gasteiger partial charge in [0.05, 0.1) is 6.21 Å². The fourth-order valence-corrected chi connectivity index (χ4v) is 3.44. The number of thiazole rings is 1. The molecule has 26 heavy (non-hydrogen) atoms. The third-order valence-electron chi connectivity index (χ3n) is 3.11. The third-order valence-corrected chi connectivity index (χ3v) is 4.71. The number of oxime groups is 2. The predicted octanol–water partition coefficient (Wildman–Crippen LogP) is -1.79. The molecule has 1 aliphatic rings. The molecule has 0 aliphatic carbocycles. The van der Waals surface area contributed by atoms with Crippen molar-refractivity contribution in [3.63, 3.8) is 0 Å². The lowest BCUT2D eigenvalue weighted by Crippen LogP contribution is -2.73. The number of rotatable bonds is 7. The van der Waals surface area contributed by atoms with Gasteiger partial charge >= 0.3 is 10.3 Å². The predicted molar refractivity (Wildman–Crippen MR) is 89.7 cm³/mol. The Balaban J connectivity index is 2.24. The minimum Gasteiger partial charge on any atom is -0.399 e. The maximum Gasteiger partial charge on any atom is 0.362 e. The van der Waals surface area contributed by atoms with Gasteiger partial charge < -0.3 is 20.7 Å². The zero-order valence-electron chi connectivity index (χ0n) is 13.4. The first-order chi connectivity index (χ1) is 12.2. The number of β-lactam (4-membered cyclic amide) rings is 1. The Morgan fingerprint density at radius 1 is 1.50 bits per heavy atom. The van der Waals surface area contributed by atoms with Crippen molar-refractivity contribution in [1.82, 2.24) is 14.6 Å². The van der Waals surface area contributed by atoms with Crippen LogP contribution in [0.3, 0.4) is 0 Å². The number of hydrogen-bond donors (Lipinski definition) is 3. The number of carbonyl (C=O) groups is 2. The highest BCUT2D eigenvalue weighted by molar-refractivity contribution is 7.84. The Kier molecular flexibility index (Phi) is 5.73. The molecular formula is C11H14N6O7S2. The minimum absolute atomic E-state index is 0.104. The molecule has 1 aromatic heterocycles. The molecule has 0 aromatic carbocycles. The van der Waals surface area contributed by atoms with Crippen LogP contribution in [0.15, 0.2) is 15.7 Å². The van der Waals surface area contributed by atoms with Crippen molar-refractivity contribution in [1.29, 1.82) is 0 Å². The number of anilines is 1. The van der Waals surface area contributed by atoms with Crippen molar-refractivity contribution in [2.45, 2.75) is 12.1 Å². The van der Waals surface area contributed by atoms with E-state index >= 15 is 0 Å². The van der Waals surface area contributed by atoms with E-state index in [1.54, 1.807) is 0 Å². The van der Waals surface area contributed by atoms with Crippen LogP contribution < -0.4 is 11.1 Å². The smallest absolute Gasteiger partial charge is 0.362 e. The molecule has 0 saturated carbocycles. The summed E-state index contributed by atoms with van der Waals surface area (Å²) < 4.78 is 31.8. The molecule has 2 amide bonds. The Bertz CT molecular complexity index is 864. The average Bonchev–Trinajstić information content (AvgIpc) is 2.98. The zero-order chi connectivity index (χ0) is 19.5. The Hall–Kier alpha value is -2.78. The molecule has 15 heteroatoms. The van der Waals surface area contributed by atoms with Crippen LogP contribution in [0.25, 0.3) is 0 Å². The van der Waals surface area contributed by atoms with Crippen molar-refractivity contribution in [3.05, 3.63) is 11.1 Å². The van der Waals surface area contributed by atoms with E-state index in [1.165, 1.54) is 19.6 Å². The summed E-state index contributed by atoms with van der Waals surface area (Å²) in [6.45, 7) is 0. The molecule has 2 heterocycles. The lowest BCUT2D eigenvalue weighted by molar-refractivity contribution is -0.141. The fourth-order valence-electron chi connectivity index (χ4n) is 2.07. The summed E-state index contributed by atoms with van der Waals surface area (Å²) in [6, 6.07) is -2.62. The number of nitrogens with two attached hydrogens (primary N) is 1. The summed E-state index contributed by atoms with van der Waals surface area (Å²) in [5.41, 5.74) is 5.34. The van der Waals surface area contributed by atoms with Crippen molar-refractivity contribution in [2.75, 3.05) is 20.0 Å². The van der Waals surface area contributed by atoms with Gasteiger partial charge in [-0.1, -0.05) is 10.3 Å². The summed E-state index contributed by atoms with van der Waals surface area (Å²) in [5, 5.41) is 10.8. The van der Waals surface area contributed by atoms with E-state index in [4.69, 9.17) is 10.3 Å². The monoisotopic (exact) mass is 406 g/mol. The third kappa shape index (κ3) is 3.89. The lowest BCUT2D eigenvalue weighted by Gasteiger charge is -2.41. The highest BCUT2D eigenvalue weighted by Gasteiger charge is 2.53. The summed E-state index contributed by atoms with van der Waals surface area (Å²) in [7, 11) is -2.45. The normalized spacial score (nSPS) is 20.8. The van der Waals surface area contributed by atoms with Crippen molar-refractivity contribution < 1.29 is 32.2 Å². The van der Waals surface area contributed by atoms with Crippen molar-refractivity contribution >= 4 is 50.5 Å². The first kappa shape index (κ1) is 19.5. The highest BCUT2D eigenvalue weighted by Crippen LogP contribution is 2.23. The molecule has 2 rings (SSSR count). The molecule has 1 aliphatic heterocycles. The van der Waals surface area contributed by atoms with E-state index in [0.29, 0.717) is 0 Å². The molecule has 1 saturated heterocycles. The fraction of sp³-hybridized carbons (Fsp3) is 0.364. The van der Waals surface area contributed by atoms with Crippen LogP contribution in [0, 0.1) is 0 Å². The number of amides is 2. The molecule has 0 radical (unpaired) electrons. The summed E-state index contributed by atoms with van der Waals surface area (Å²) in [4.78, 5) is 37.3. The maximum atomic E-state index is 12.4. The number of hydrogen-bond acceptors (Lipinski definition) is 11. The Labute approximate surface area is 151 Å². The van der Waals surface area contributed by atoms with E-state index in [1.807, 2.05) is 0 Å². The van der Waals surface area contributed by atoms with Gasteiger partial charge in [0.15, 0.2) is 10.8 Å². The van der Waals surface area contributed by atoms with Gasteiger partial charge in [0.2, 0.25) is 0 Å². The van der Waals surface area contributed by atoms with Crippen LogP contribution in [0.4, 0.5) is 5.13 Å². The maximum absolute atomic E-state index is 12.4. The number of nitrogen functional groups attached to an aromatic ring is 1. The molecular weight excluding hydrogens is 392 g/mol. The van der Waals surface area contributed by atoms with Crippen molar-refractivity contribution in [2.24, 2.45) is 10.3 Å². The SMILES string of the molecule is CO/N=C(\C(=O)N[C@@H]1C(=O)N(S(=O)(=O)O)[C@@H]1/C=N/OC)c1csc(N)n1. The highest BCUT2D eigenvalue weighted by atomic mass is 32.2. The van der Waals surface area contributed by atoms with Gasteiger partial charge in [0.25, 0.3) is 11.8 Å². The van der Waals surface area contributed by atoms with Gasteiger partial charge in [0, 0.05) is 5.38 Å². The van der Waals surface area contributed by atoms with Crippen LogP contribution in [0.2, 0.25) is 0 Å². The number of nitrogens with zero attached hydrogens (tertiary/aromatic N) is 4. The lowest BCUT2D eigenvalue weighted by atomic mass is 9.99. The van der Waals surface area contributed by atoms with Gasteiger partial charge in [-0.2, -0.15) is 8.42 Å². The second kappa shape index (κ2) is 7.63. The van der Waals surface area contributed by atoms with Crippen LogP contribution in [-0.2, 0) is 29.6 Å². The van der Waals surface area contributed by atoms with Crippen LogP contribution >= 0.6 is 11.3 Å².